The lowest BCUT2D eigenvalue weighted by Crippen LogP contribution is -2.61. The highest BCUT2D eigenvalue weighted by molar-refractivity contribution is 5.85. The topological polar surface area (TPSA) is 74.6 Å². The molecule has 2 aliphatic carbocycles. The highest BCUT2D eigenvalue weighted by atomic mass is 19.3. The zero-order valence-electron chi connectivity index (χ0n) is 21.1. The number of hydrogen-bond donors (Lipinski definition) is 1. The van der Waals surface area contributed by atoms with Gasteiger partial charge in [0.25, 0.3) is 0 Å². The third-order valence-electron chi connectivity index (χ3n) is 9.02. The molecule has 1 N–H and O–H groups in total. The summed E-state index contributed by atoms with van der Waals surface area (Å²) < 4.78 is 32.9. The van der Waals surface area contributed by atoms with E-state index in [9.17, 15) is 18.7 Å². The minimum Gasteiger partial charge on any atom is -0.496 e. The van der Waals surface area contributed by atoms with Crippen molar-refractivity contribution in [3.8, 4) is 5.75 Å². The van der Waals surface area contributed by atoms with Crippen LogP contribution in [-0.4, -0.2) is 71.5 Å². The molecule has 0 atom stereocenters. The molecule has 6 rings (SSSR count). The summed E-state index contributed by atoms with van der Waals surface area (Å²) in [4.78, 5) is 21.9. The molecule has 2 saturated carbocycles. The highest BCUT2D eigenvalue weighted by Crippen LogP contribution is 2.54. The fourth-order valence-electron chi connectivity index (χ4n) is 6.39. The van der Waals surface area contributed by atoms with Crippen LogP contribution in [0.25, 0.3) is 0 Å². The van der Waals surface area contributed by atoms with Crippen LogP contribution < -0.4 is 4.74 Å². The van der Waals surface area contributed by atoms with E-state index in [2.05, 4.69) is 21.0 Å². The number of hydrogen-bond acceptors (Lipinski definition) is 6. The zero-order chi connectivity index (χ0) is 25.3. The van der Waals surface area contributed by atoms with E-state index in [0.717, 1.165) is 61.6 Å². The predicted molar refractivity (Wildman–Crippen MR) is 130 cm³/mol. The van der Waals surface area contributed by atoms with E-state index in [0.29, 0.717) is 31.8 Å². The standard InChI is InChI=1S/C27H35F2N3O4/c1-25(24(33)34)5-7-32(8-6-25)23-13-26(36-30-23)15-31(16-26)14-18-9-20(17-3-4-17)21(10-22(18)35-2)19-11-27(28,29)12-19/h9-10,17,19H,3-8,11-16H2,1-2H3,(H,33,34). The number of halogens is 2. The summed E-state index contributed by atoms with van der Waals surface area (Å²) in [5.41, 5.74) is 2.43. The Morgan fingerprint density at radius 2 is 1.83 bits per heavy atom. The maximum absolute atomic E-state index is 13.6. The number of carboxylic acids is 1. The Bertz CT molecular complexity index is 1080. The number of rotatable bonds is 6. The number of amidine groups is 1. The number of methoxy groups -OCH3 is 1. The Morgan fingerprint density at radius 1 is 1.17 bits per heavy atom. The minimum atomic E-state index is -2.53. The predicted octanol–water partition coefficient (Wildman–Crippen LogP) is 4.56. The van der Waals surface area contributed by atoms with Crippen LogP contribution in [0.4, 0.5) is 8.78 Å². The molecular weight excluding hydrogens is 468 g/mol. The molecule has 1 spiro atoms. The van der Waals surface area contributed by atoms with E-state index in [1.165, 1.54) is 5.56 Å². The molecule has 0 radical (unpaired) electrons. The van der Waals surface area contributed by atoms with Gasteiger partial charge in [-0.2, -0.15) is 0 Å². The first-order valence-corrected chi connectivity index (χ1v) is 13.1. The number of nitrogens with zero attached hydrogens (tertiary/aromatic N) is 3. The molecule has 0 unspecified atom stereocenters. The molecular formula is C27H35F2N3O4. The highest BCUT2D eigenvalue weighted by Gasteiger charge is 2.52. The van der Waals surface area contributed by atoms with Gasteiger partial charge >= 0.3 is 5.97 Å². The number of carboxylic acid groups (broad SMARTS) is 1. The zero-order valence-corrected chi connectivity index (χ0v) is 21.1. The maximum atomic E-state index is 13.6. The third-order valence-corrected chi connectivity index (χ3v) is 9.02. The third kappa shape index (κ3) is 4.23. The van der Waals surface area contributed by atoms with Gasteiger partial charge in [0.15, 0.2) is 5.60 Å². The lowest BCUT2D eigenvalue weighted by atomic mass is 9.74. The molecule has 3 aliphatic heterocycles. The molecule has 196 valence electrons. The van der Waals surface area contributed by atoms with Crippen LogP contribution in [0.3, 0.4) is 0 Å². The van der Waals surface area contributed by atoms with E-state index in [-0.39, 0.29) is 24.4 Å². The molecule has 7 nitrogen and oxygen atoms in total. The molecule has 36 heavy (non-hydrogen) atoms. The molecule has 3 heterocycles. The van der Waals surface area contributed by atoms with Gasteiger partial charge in [-0.15, -0.1) is 0 Å². The molecule has 0 bridgehead atoms. The summed E-state index contributed by atoms with van der Waals surface area (Å²) in [6, 6.07) is 4.23. The van der Waals surface area contributed by atoms with Crippen LogP contribution in [-0.2, 0) is 16.2 Å². The van der Waals surface area contributed by atoms with E-state index in [1.807, 2.05) is 13.0 Å². The Balaban J connectivity index is 1.08. The van der Waals surface area contributed by atoms with Crippen LogP contribution in [0.15, 0.2) is 17.3 Å². The Kier molecular flexibility index (Phi) is 5.52. The lowest BCUT2D eigenvalue weighted by molar-refractivity contribution is -0.150. The van der Waals surface area contributed by atoms with Crippen molar-refractivity contribution in [3.63, 3.8) is 0 Å². The monoisotopic (exact) mass is 503 g/mol. The number of likely N-dealkylation sites (tertiary alicyclic amines) is 2. The van der Waals surface area contributed by atoms with Crippen molar-refractivity contribution in [1.29, 1.82) is 0 Å². The average Bonchev–Trinajstić information content (AvgIpc) is 3.56. The quantitative estimate of drug-likeness (QED) is 0.614. The van der Waals surface area contributed by atoms with Gasteiger partial charge in [-0.25, -0.2) is 8.78 Å². The minimum absolute atomic E-state index is 0.0594. The largest absolute Gasteiger partial charge is 0.496 e. The molecule has 0 amide bonds. The van der Waals surface area contributed by atoms with Crippen LogP contribution in [0.5, 0.6) is 5.75 Å². The fourth-order valence-corrected chi connectivity index (χ4v) is 6.39. The Hall–Kier alpha value is -2.42. The first kappa shape index (κ1) is 23.9. The van der Waals surface area contributed by atoms with Gasteiger partial charge in [0.2, 0.25) is 5.92 Å². The molecule has 4 fully saturated rings. The van der Waals surface area contributed by atoms with Gasteiger partial charge in [-0.3, -0.25) is 9.69 Å². The maximum Gasteiger partial charge on any atom is 0.309 e. The average molecular weight is 504 g/mol. The van der Waals surface area contributed by atoms with E-state index >= 15 is 0 Å². The second kappa shape index (κ2) is 8.30. The Labute approximate surface area is 210 Å². The second-order valence-corrected chi connectivity index (χ2v) is 12.0. The number of oxime groups is 1. The lowest BCUT2D eigenvalue weighted by Gasteiger charge is -2.46. The van der Waals surface area contributed by atoms with Crippen LogP contribution >= 0.6 is 0 Å². The van der Waals surface area contributed by atoms with Crippen LogP contribution in [0.1, 0.15) is 80.4 Å². The van der Waals surface area contributed by atoms with Crippen molar-refractivity contribution in [3.05, 3.63) is 28.8 Å². The van der Waals surface area contributed by atoms with Gasteiger partial charge in [-0.05, 0) is 61.6 Å². The van der Waals surface area contributed by atoms with Gasteiger partial charge in [0.05, 0.1) is 18.9 Å². The van der Waals surface area contributed by atoms with Crippen molar-refractivity contribution in [2.75, 3.05) is 33.3 Å². The van der Waals surface area contributed by atoms with E-state index in [1.54, 1.807) is 7.11 Å². The second-order valence-electron chi connectivity index (χ2n) is 12.0. The van der Waals surface area contributed by atoms with Crippen molar-refractivity contribution in [1.82, 2.24) is 9.80 Å². The summed E-state index contributed by atoms with van der Waals surface area (Å²) in [5, 5.41) is 13.9. The number of alkyl halides is 2. The first-order valence-electron chi connectivity index (χ1n) is 13.1. The van der Waals surface area contributed by atoms with E-state index < -0.39 is 17.3 Å². The van der Waals surface area contributed by atoms with Gasteiger partial charge in [0.1, 0.15) is 11.6 Å². The summed E-state index contributed by atoms with van der Waals surface area (Å²) in [6.45, 7) is 5.45. The van der Waals surface area contributed by atoms with Gasteiger partial charge in [-0.1, -0.05) is 11.2 Å². The van der Waals surface area contributed by atoms with E-state index in [4.69, 9.17) is 9.57 Å². The number of benzene rings is 1. The number of piperidine rings is 1. The summed E-state index contributed by atoms with van der Waals surface area (Å²) >= 11 is 0. The number of carbonyl (C=O) groups is 1. The van der Waals surface area contributed by atoms with Crippen LogP contribution in [0, 0.1) is 5.41 Å². The van der Waals surface area contributed by atoms with Gasteiger partial charge < -0.3 is 19.6 Å². The normalized spacial score (nSPS) is 26.7. The van der Waals surface area contributed by atoms with Gasteiger partial charge in [0, 0.05) is 51.1 Å². The van der Waals surface area contributed by atoms with Crippen LogP contribution in [0.2, 0.25) is 0 Å². The SMILES string of the molecule is COc1cc(C2CC(F)(F)C2)c(C2CC2)cc1CN1CC2(CC(N3CCC(C)(C(=O)O)CC3)=NO2)C1. The first-order chi connectivity index (χ1) is 17.1. The van der Waals surface area contributed by atoms with Crippen molar-refractivity contribution in [2.24, 2.45) is 10.6 Å². The number of aliphatic carboxylic acids is 1. The van der Waals surface area contributed by atoms with Crippen molar-refractivity contribution in [2.45, 2.75) is 81.8 Å². The van der Waals surface area contributed by atoms with Crippen molar-refractivity contribution < 1.29 is 28.3 Å². The fraction of sp³-hybridized carbons (Fsp3) is 0.704. The molecule has 1 aromatic carbocycles. The summed E-state index contributed by atoms with van der Waals surface area (Å²) in [6.07, 6.45) is 4.10. The molecule has 5 aliphatic rings. The van der Waals surface area contributed by atoms with Crippen molar-refractivity contribution >= 4 is 11.8 Å². The smallest absolute Gasteiger partial charge is 0.309 e. The molecule has 1 aromatic rings. The number of ether oxygens (including phenoxy) is 1. The molecule has 2 saturated heterocycles. The summed E-state index contributed by atoms with van der Waals surface area (Å²) in [5.74, 6) is -1.13. The molecule has 0 aromatic heterocycles. The Morgan fingerprint density at radius 3 is 2.42 bits per heavy atom. The summed E-state index contributed by atoms with van der Waals surface area (Å²) in [7, 11) is 1.65. The molecule has 9 heteroatoms.